The first-order valence-electron chi connectivity index (χ1n) is 6.07. The smallest absolute Gasteiger partial charge is 0.293 e. The number of carbonyl (C=O) groups excluding carboxylic acids is 1. The van der Waals surface area contributed by atoms with Gasteiger partial charge in [0.1, 0.15) is 5.69 Å². The number of nitrogens with one attached hydrogen (secondary N) is 1. The number of nitro benzene ring substituents is 1. The van der Waals surface area contributed by atoms with E-state index in [1.807, 2.05) is 13.8 Å². The third kappa shape index (κ3) is 3.06. The van der Waals surface area contributed by atoms with Crippen LogP contribution in [0.2, 0.25) is 0 Å². The molecule has 0 heterocycles. The number of hydrogen-bond acceptors (Lipinski definition) is 4. The van der Waals surface area contributed by atoms with Gasteiger partial charge in [-0.25, -0.2) is 0 Å². The van der Waals surface area contributed by atoms with Crippen molar-refractivity contribution < 1.29 is 9.72 Å². The number of Topliss-reactive ketones (excluding diaryl/α,β-unsaturated/α-hetero) is 1. The van der Waals surface area contributed by atoms with Crippen molar-refractivity contribution in [2.45, 2.75) is 33.6 Å². The molecule has 1 aromatic carbocycles. The summed E-state index contributed by atoms with van der Waals surface area (Å²) >= 11 is 0. The van der Waals surface area contributed by atoms with Crippen molar-refractivity contribution in [3.63, 3.8) is 0 Å². The number of nitrogens with zero attached hydrogens (tertiary/aromatic N) is 1. The number of carbonyl (C=O) groups is 1. The Balaban J connectivity index is 3.26. The van der Waals surface area contributed by atoms with Gasteiger partial charge in [-0.1, -0.05) is 6.92 Å². The maximum Gasteiger partial charge on any atom is 0.293 e. The van der Waals surface area contributed by atoms with Gasteiger partial charge in [0.05, 0.1) is 4.92 Å². The Kier molecular flexibility index (Phi) is 4.83. The third-order valence-electron chi connectivity index (χ3n) is 2.68. The summed E-state index contributed by atoms with van der Waals surface area (Å²) in [7, 11) is 0. The van der Waals surface area contributed by atoms with E-state index in [4.69, 9.17) is 0 Å². The highest BCUT2D eigenvalue weighted by atomic mass is 16.6. The predicted octanol–water partition coefficient (Wildman–Crippen LogP) is 3.32. The predicted molar refractivity (Wildman–Crippen MR) is 71.2 cm³/mol. The van der Waals surface area contributed by atoms with E-state index in [0.29, 0.717) is 24.2 Å². The van der Waals surface area contributed by atoms with E-state index in [1.165, 1.54) is 6.07 Å². The number of rotatable bonds is 6. The largest absolute Gasteiger partial charge is 0.380 e. The minimum atomic E-state index is -0.458. The van der Waals surface area contributed by atoms with E-state index in [1.54, 1.807) is 13.0 Å². The topological polar surface area (TPSA) is 72.2 Å². The summed E-state index contributed by atoms with van der Waals surface area (Å²) < 4.78 is 0. The van der Waals surface area contributed by atoms with Gasteiger partial charge in [0.15, 0.2) is 5.78 Å². The van der Waals surface area contributed by atoms with Gasteiger partial charge in [-0.3, -0.25) is 14.9 Å². The van der Waals surface area contributed by atoms with Gasteiger partial charge in [0.2, 0.25) is 0 Å². The van der Waals surface area contributed by atoms with Gasteiger partial charge in [-0.15, -0.1) is 0 Å². The monoisotopic (exact) mass is 250 g/mol. The average Bonchev–Trinajstić information content (AvgIpc) is 2.29. The number of hydrogen-bond donors (Lipinski definition) is 1. The Bertz CT molecular complexity index is 470. The molecular formula is C13H18N2O3. The zero-order valence-corrected chi connectivity index (χ0v) is 10.9. The molecule has 98 valence electrons. The standard InChI is InChI=1S/C13H18N2O3/c1-4-6-13(16)10-8-12(15(17)18)11(14-5-2)7-9(10)3/h7-8,14H,4-6H2,1-3H3. The minimum Gasteiger partial charge on any atom is -0.380 e. The van der Waals surface area contributed by atoms with Crippen LogP contribution in [0.4, 0.5) is 11.4 Å². The second kappa shape index (κ2) is 6.14. The quantitative estimate of drug-likeness (QED) is 0.477. The molecule has 0 fully saturated rings. The van der Waals surface area contributed by atoms with Crippen LogP contribution in [0.25, 0.3) is 0 Å². The van der Waals surface area contributed by atoms with Crippen LogP contribution in [-0.2, 0) is 0 Å². The van der Waals surface area contributed by atoms with Gasteiger partial charge in [-0.05, 0) is 31.9 Å². The molecule has 18 heavy (non-hydrogen) atoms. The Hall–Kier alpha value is -1.91. The molecule has 0 aliphatic rings. The molecule has 1 N–H and O–H groups in total. The molecule has 0 aliphatic carbocycles. The zero-order valence-electron chi connectivity index (χ0n) is 10.9. The van der Waals surface area contributed by atoms with E-state index in [0.717, 1.165) is 12.0 Å². The van der Waals surface area contributed by atoms with Crippen LogP contribution in [0.3, 0.4) is 0 Å². The lowest BCUT2D eigenvalue weighted by Crippen LogP contribution is -2.06. The molecule has 5 heteroatoms. The zero-order chi connectivity index (χ0) is 13.7. The summed E-state index contributed by atoms with van der Waals surface area (Å²) in [5.74, 6) is -0.0406. The van der Waals surface area contributed by atoms with Crippen molar-refractivity contribution in [2.75, 3.05) is 11.9 Å². The van der Waals surface area contributed by atoms with Crippen LogP contribution < -0.4 is 5.32 Å². The lowest BCUT2D eigenvalue weighted by Gasteiger charge is -2.09. The highest BCUT2D eigenvalue weighted by Gasteiger charge is 2.19. The lowest BCUT2D eigenvalue weighted by molar-refractivity contribution is -0.384. The fourth-order valence-electron chi connectivity index (χ4n) is 1.84. The van der Waals surface area contributed by atoms with Gasteiger partial charge >= 0.3 is 0 Å². The van der Waals surface area contributed by atoms with Crippen LogP contribution in [0, 0.1) is 17.0 Å². The van der Waals surface area contributed by atoms with Gasteiger partial charge in [0, 0.05) is 24.6 Å². The minimum absolute atomic E-state index is 0.0399. The molecule has 0 amide bonds. The van der Waals surface area contributed by atoms with Crippen molar-refractivity contribution in [3.05, 3.63) is 33.4 Å². The molecule has 0 bridgehead atoms. The summed E-state index contributed by atoms with van der Waals surface area (Å²) in [5, 5.41) is 13.9. The molecular weight excluding hydrogens is 232 g/mol. The summed E-state index contributed by atoms with van der Waals surface area (Å²) in [4.78, 5) is 22.4. The van der Waals surface area contributed by atoms with Crippen LogP contribution in [-0.4, -0.2) is 17.3 Å². The van der Waals surface area contributed by atoms with Crippen LogP contribution in [0.5, 0.6) is 0 Å². The Morgan fingerprint density at radius 3 is 2.56 bits per heavy atom. The fraction of sp³-hybridized carbons (Fsp3) is 0.462. The second-order valence-electron chi connectivity index (χ2n) is 4.14. The average molecular weight is 250 g/mol. The van der Waals surface area contributed by atoms with E-state index >= 15 is 0 Å². The number of ketones is 1. The van der Waals surface area contributed by atoms with Crippen molar-refractivity contribution in [1.29, 1.82) is 0 Å². The fourth-order valence-corrected chi connectivity index (χ4v) is 1.84. The Morgan fingerprint density at radius 1 is 1.39 bits per heavy atom. The van der Waals surface area contributed by atoms with Crippen LogP contribution in [0.15, 0.2) is 12.1 Å². The molecule has 1 aromatic rings. The first-order valence-corrected chi connectivity index (χ1v) is 6.07. The first kappa shape index (κ1) is 14.2. The Labute approximate surface area is 106 Å². The van der Waals surface area contributed by atoms with Gasteiger partial charge in [0.25, 0.3) is 5.69 Å². The van der Waals surface area contributed by atoms with Crippen molar-refractivity contribution in [1.82, 2.24) is 0 Å². The molecule has 5 nitrogen and oxygen atoms in total. The first-order chi connectivity index (χ1) is 8.51. The summed E-state index contributed by atoms with van der Waals surface area (Å²) in [6, 6.07) is 3.05. The van der Waals surface area contributed by atoms with E-state index in [9.17, 15) is 14.9 Å². The van der Waals surface area contributed by atoms with E-state index in [2.05, 4.69) is 5.32 Å². The molecule has 1 rings (SSSR count). The number of aryl methyl sites for hydroxylation is 1. The highest BCUT2D eigenvalue weighted by molar-refractivity contribution is 5.98. The number of nitro groups is 1. The Morgan fingerprint density at radius 2 is 2.06 bits per heavy atom. The number of anilines is 1. The SMILES string of the molecule is CCCC(=O)c1cc([N+](=O)[O-])c(NCC)cc1C. The molecule has 0 spiro atoms. The van der Waals surface area contributed by atoms with Gasteiger partial charge < -0.3 is 5.32 Å². The molecule has 0 aromatic heterocycles. The molecule has 0 unspecified atom stereocenters. The maximum absolute atomic E-state index is 11.9. The van der Waals surface area contributed by atoms with Crippen LogP contribution in [0.1, 0.15) is 42.6 Å². The summed E-state index contributed by atoms with van der Waals surface area (Å²) in [5.41, 5.74) is 1.65. The normalized spacial score (nSPS) is 10.2. The highest BCUT2D eigenvalue weighted by Crippen LogP contribution is 2.29. The maximum atomic E-state index is 11.9. The molecule has 0 aliphatic heterocycles. The second-order valence-corrected chi connectivity index (χ2v) is 4.14. The third-order valence-corrected chi connectivity index (χ3v) is 2.68. The van der Waals surface area contributed by atoms with Crippen LogP contribution >= 0.6 is 0 Å². The van der Waals surface area contributed by atoms with E-state index in [-0.39, 0.29) is 11.5 Å². The molecule has 0 atom stereocenters. The lowest BCUT2D eigenvalue weighted by atomic mass is 10.00. The summed E-state index contributed by atoms with van der Waals surface area (Å²) in [6.07, 6.45) is 1.15. The molecule has 0 radical (unpaired) electrons. The summed E-state index contributed by atoms with van der Waals surface area (Å²) in [6.45, 7) is 6.18. The van der Waals surface area contributed by atoms with Crippen molar-refractivity contribution in [2.24, 2.45) is 0 Å². The van der Waals surface area contributed by atoms with Gasteiger partial charge in [-0.2, -0.15) is 0 Å². The van der Waals surface area contributed by atoms with Crippen molar-refractivity contribution >= 4 is 17.2 Å². The van der Waals surface area contributed by atoms with E-state index < -0.39 is 4.92 Å². The molecule has 0 saturated heterocycles. The van der Waals surface area contributed by atoms with Crippen molar-refractivity contribution in [3.8, 4) is 0 Å². The number of benzene rings is 1. The molecule has 0 saturated carbocycles.